The minimum absolute atomic E-state index is 0.00946. The Hall–Kier alpha value is -2.66. The number of carbonyl (C=O) groups is 2. The molecule has 29 heavy (non-hydrogen) atoms. The first kappa shape index (κ1) is 21.1. The van der Waals surface area contributed by atoms with Crippen LogP contribution in [0.1, 0.15) is 50.7 Å². The second-order valence-electron chi connectivity index (χ2n) is 8.45. The lowest BCUT2D eigenvalue weighted by atomic mass is 9.98. The van der Waals surface area contributed by atoms with Gasteiger partial charge in [-0.2, -0.15) is 0 Å². The third-order valence-corrected chi connectivity index (χ3v) is 4.96. The number of hydrogen-bond donors (Lipinski definition) is 1. The fraction of sp³-hybridized carbons (Fsp3) is 0.417. The summed E-state index contributed by atoms with van der Waals surface area (Å²) in [7, 11) is 0. The van der Waals surface area contributed by atoms with Gasteiger partial charge in [0.15, 0.2) is 0 Å². The lowest BCUT2D eigenvalue weighted by molar-refractivity contribution is -0.157. The van der Waals surface area contributed by atoms with E-state index in [9.17, 15) is 14.7 Å². The van der Waals surface area contributed by atoms with E-state index < -0.39 is 23.5 Å². The fourth-order valence-corrected chi connectivity index (χ4v) is 3.73. The van der Waals surface area contributed by atoms with E-state index >= 15 is 0 Å². The van der Waals surface area contributed by atoms with Crippen LogP contribution in [0.3, 0.4) is 0 Å². The summed E-state index contributed by atoms with van der Waals surface area (Å²) in [6, 6.07) is 16.3. The highest BCUT2D eigenvalue weighted by molar-refractivity contribution is 5.79. The van der Waals surface area contributed by atoms with Gasteiger partial charge in [-0.3, -0.25) is 9.59 Å². The quantitative estimate of drug-likeness (QED) is 0.714. The Kier molecular flexibility index (Phi) is 6.38. The van der Waals surface area contributed by atoms with Crippen LogP contribution >= 0.6 is 0 Å². The van der Waals surface area contributed by atoms with Crippen molar-refractivity contribution in [2.45, 2.75) is 45.1 Å². The van der Waals surface area contributed by atoms with Crippen molar-refractivity contribution in [2.75, 3.05) is 13.2 Å². The molecule has 5 heteroatoms. The van der Waals surface area contributed by atoms with Crippen molar-refractivity contribution >= 4 is 11.9 Å². The first-order valence-electron chi connectivity index (χ1n) is 9.95. The van der Waals surface area contributed by atoms with E-state index in [2.05, 4.69) is 24.3 Å². The molecule has 0 spiro atoms. The lowest BCUT2D eigenvalue weighted by Gasteiger charge is -2.21. The van der Waals surface area contributed by atoms with Gasteiger partial charge in [0, 0.05) is 18.4 Å². The van der Waals surface area contributed by atoms with Crippen molar-refractivity contribution in [3.8, 4) is 11.1 Å². The molecule has 0 saturated carbocycles. The zero-order valence-corrected chi connectivity index (χ0v) is 17.2. The monoisotopic (exact) mass is 396 g/mol. The molecule has 0 aliphatic heterocycles. The largest absolute Gasteiger partial charge is 0.465 e. The van der Waals surface area contributed by atoms with Gasteiger partial charge in [0.25, 0.3) is 0 Å². The van der Waals surface area contributed by atoms with E-state index in [1.807, 2.05) is 24.3 Å². The Morgan fingerprint density at radius 1 is 0.931 bits per heavy atom. The molecule has 1 aliphatic rings. The zero-order valence-electron chi connectivity index (χ0n) is 17.2. The number of aliphatic hydroxyl groups is 1. The predicted octanol–water partition coefficient (Wildman–Crippen LogP) is 4.07. The molecule has 1 aliphatic carbocycles. The average Bonchev–Trinajstić information content (AvgIpc) is 2.98. The second kappa shape index (κ2) is 8.78. The molecule has 2 aromatic rings. The molecule has 0 unspecified atom stereocenters. The highest BCUT2D eigenvalue weighted by Gasteiger charge is 2.29. The summed E-state index contributed by atoms with van der Waals surface area (Å²) in [5.74, 6) is -1.37. The van der Waals surface area contributed by atoms with Gasteiger partial charge in [0.1, 0.15) is 12.2 Å². The van der Waals surface area contributed by atoms with E-state index in [0.717, 1.165) is 11.1 Å². The topological polar surface area (TPSA) is 72.8 Å². The number of ether oxygens (including phenoxy) is 2. The Bertz CT molecular complexity index is 835. The zero-order chi connectivity index (χ0) is 21.0. The van der Waals surface area contributed by atoms with Crippen molar-refractivity contribution in [3.63, 3.8) is 0 Å². The average molecular weight is 396 g/mol. The Balaban J connectivity index is 1.60. The van der Waals surface area contributed by atoms with Crippen LogP contribution in [0.25, 0.3) is 11.1 Å². The van der Waals surface area contributed by atoms with E-state index in [0.29, 0.717) is 0 Å². The summed E-state index contributed by atoms with van der Waals surface area (Å²) in [6.07, 6.45) is -0.0380. The normalized spacial score (nSPS) is 14.1. The summed E-state index contributed by atoms with van der Waals surface area (Å²) in [5.41, 5.74) is 4.04. The Morgan fingerprint density at radius 3 is 1.97 bits per heavy atom. The smallest absolute Gasteiger partial charge is 0.306 e. The highest BCUT2D eigenvalue weighted by Crippen LogP contribution is 2.44. The predicted molar refractivity (Wildman–Crippen MR) is 110 cm³/mol. The summed E-state index contributed by atoms with van der Waals surface area (Å²) < 4.78 is 10.8. The third kappa shape index (κ3) is 5.24. The maximum atomic E-state index is 12.4. The second-order valence-corrected chi connectivity index (χ2v) is 8.45. The van der Waals surface area contributed by atoms with Crippen LogP contribution in [0, 0.1) is 5.92 Å². The van der Waals surface area contributed by atoms with Crippen molar-refractivity contribution in [1.82, 2.24) is 0 Å². The van der Waals surface area contributed by atoms with Crippen molar-refractivity contribution < 1.29 is 24.2 Å². The minimum atomic E-state index is -0.596. The molecule has 3 rings (SSSR count). The van der Waals surface area contributed by atoms with Gasteiger partial charge in [-0.15, -0.1) is 0 Å². The van der Waals surface area contributed by atoms with E-state index in [1.165, 1.54) is 11.1 Å². The maximum Gasteiger partial charge on any atom is 0.306 e. The number of aliphatic hydroxyl groups excluding tert-OH is 1. The molecule has 1 atom stereocenters. The summed E-state index contributed by atoms with van der Waals surface area (Å²) in [6.45, 7) is 5.31. The van der Waals surface area contributed by atoms with Crippen molar-refractivity contribution in [3.05, 3.63) is 59.7 Å². The van der Waals surface area contributed by atoms with Crippen molar-refractivity contribution in [2.24, 2.45) is 5.92 Å². The molecule has 0 bridgehead atoms. The standard InChI is InChI=1S/C24H28O5/c1-24(2,3)29-23(27)13-16(14-25)12-22(26)28-15-21-19-10-6-4-8-17(19)18-9-5-7-11-20(18)21/h4-11,16,21,25H,12-15H2,1-3H3/t16-/m1/s1. The molecule has 5 nitrogen and oxygen atoms in total. The summed E-state index contributed by atoms with van der Waals surface area (Å²) >= 11 is 0. The molecule has 0 radical (unpaired) electrons. The van der Waals surface area contributed by atoms with E-state index in [-0.39, 0.29) is 32.0 Å². The van der Waals surface area contributed by atoms with Gasteiger partial charge < -0.3 is 14.6 Å². The number of carbonyl (C=O) groups excluding carboxylic acids is 2. The van der Waals surface area contributed by atoms with Crippen LogP contribution in [0.5, 0.6) is 0 Å². The fourth-order valence-electron chi connectivity index (χ4n) is 3.73. The van der Waals surface area contributed by atoms with Gasteiger partial charge in [-0.25, -0.2) is 0 Å². The van der Waals surface area contributed by atoms with Gasteiger partial charge in [0.2, 0.25) is 0 Å². The maximum absolute atomic E-state index is 12.4. The number of esters is 2. The molecule has 154 valence electrons. The molecule has 0 amide bonds. The minimum Gasteiger partial charge on any atom is -0.465 e. The lowest BCUT2D eigenvalue weighted by Crippen LogP contribution is -2.27. The van der Waals surface area contributed by atoms with Crippen LogP contribution < -0.4 is 0 Å². The van der Waals surface area contributed by atoms with Crippen LogP contribution in [0.4, 0.5) is 0 Å². The Labute approximate surface area is 171 Å². The molecule has 1 N–H and O–H groups in total. The number of benzene rings is 2. The Morgan fingerprint density at radius 2 is 1.45 bits per heavy atom. The molecule has 0 saturated heterocycles. The molecule has 2 aromatic carbocycles. The van der Waals surface area contributed by atoms with E-state index in [1.54, 1.807) is 20.8 Å². The van der Waals surface area contributed by atoms with E-state index in [4.69, 9.17) is 9.47 Å². The first-order valence-corrected chi connectivity index (χ1v) is 9.95. The summed E-state index contributed by atoms with van der Waals surface area (Å²) in [4.78, 5) is 24.3. The summed E-state index contributed by atoms with van der Waals surface area (Å²) in [5, 5.41) is 9.55. The molecular formula is C24H28O5. The molecule has 0 heterocycles. The van der Waals surface area contributed by atoms with Gasteiger partial charge in [0.05, 0.1) is 12.8 Å². The van der Waals surface area contributed by atoms with Crippen LogP contribution in [-0.4, -0.2) is 35.9 Å². The van der Waals surface area contributed by atoms with Gasteiger partial charge in [-0.05, 0) is 43.0 Å². The van der Waals surface area contributed by atoms with Gasteiger partial charge >= 0.3 is 11.9 Å². The first-order chi connectivity index (χ1) is 13.8. The SMILES string of the molecule is CC(C)(C)OC(=O)C[C@H](CO)CC(=O)OCC1c2ccccc2-c2ccccc21. The molecule has 0 fully saturated rings. The van der Waals surface area contributed by atoms with Crippen LogP contribution in [0.2, 0.25) is 0 Å². The van der Waals surface area contributed by atoms with Crippen LogP contribution in [-0.2, 0) is 19.1 Å². The van der Waals surface area contributed by atoms with Crippen LogP contribution in [0.15, 0.2) is 48.5 Å². The van der Waals surface area contributed by atoms with Crippen molar-refractivity contribution in [1.29, 1.82) is 0 Å². The van der Waals surface area contributed by atoms with Gasteiger partial charge in [-0.1, -0.05) is 48.5 Å². The third-order valence-electron chi connectivity index (χ3n) is 4.96. The highest BCUT2D eigenvalue weighted by atomic mass is 16.6. The number of rotatable bonds is 7. The molecular weight excluding hydrogens is 368 g/mol. The number of hydrogen-bond acceptors (Lipinski definition) is 5. The molecule has 0 aromatic heterocycles. The number of fused-ring (bicyclic) bond motifs is 3.